The number of fused-ring (bicyclic) bond motifs is 3. The molecule has 0 aliphatic heterocycles. The molecule has 0 saturated heterocycles. The second-order valence-electron chi connectivity index (χ2n) is 26.2. The van der Waals surface area contributed by atoms with Gasteiger partial charge >= 0.3 is 12.1 Å². The van der Waals surface area contributed by atoms with E-state index in [0.29, 0.717) is 37.1 Å². The molecule has 1 amide bonds. The molecule has 3 aromatic rings. The van der Waals surface area contributed by atoms with E-state index in [0.717, 1.165) is 66.3 Å². The zero-order chi connectivity index (χ0) is 61.7. The summed E-state index contributed by atoms with van der Waals surface area (Å²) in [5, 5.41) is 2.73. The Labute approximate surface area is 534 Å². The highest BCUT2D eigenvalue weighted by molar-refractivity contribution is 5.81. The van der Waals surface area contributed by atoms with Crippen LogP contribution in [-0.4, -0.2) is 44.5 Å². The molecule has 0 radical (unpaired) electrons. The van der Waals surface area contributed by atoms with Gasteiger partial charge in [0.2, 0.25) is 5.75 Å². The van der Waals surface area contributed by atoms with Gasteiger partial charge in [0.1, 0.15) is 19.3 Å². The van der Waals surface area contributed by atoms with Crippen molar-refractivity contribution in [1.29, 1.82) is 0 Å². The number of carbonyl (C=O) groups excluding carboxylic acids is 2. The highest BCUT2D eigenvalue weighted by Crippen LogP contribution is 2.45. The first-order valence-electron chi connectivity index (χ1n) is 37.3. The van der Waals surface area contributed by atoms with E-state index < -0.39 is 18.1 Å². The molecule has 87 heavy (non-hydrogen) atoms. The van der Waals surface area contributed by atoms with Crippen LogP contribution in [0.25, 0.3) is 11.1 Å². The lowest BCUT2D eigenvalue weighted by molar-refractivity contribution is -0.146. The molecule has 0 heterocycles. The molecule has 1 aliphatic rings. The number of nitrogens with one attached hydrogen (secondary N) is 1. The van der Waals surface area contributed by atoms with Gasteiger partial charge in [0.25, 0.3) is 0 Å². The van der Waals surface area contributed by atoms with Crippen LogP contribution < -0.4 is 19.5 Å². The molecule has 3 aromatic carbocycles. The van der Waals surface area contributed by atoms with Crippen molar-refractivity contribution in [2.45, 2.75) is 354 Å². The number of rotatable bonds is 60. The van der Waals surface area contributed by atoms with E-state index in [2.05, 4.69) is 50.4 Å². The van der Waals surface area contributed by atoms with Crippen molar-refractivity contribution in [2.24, 2.45) is 0 Å². The highest BCUT2D eigenvalue weighted by atomic mass is 16.6. The molecule has 0 saturated carbocycles. The minimum absolute atomic E-state index is 0.000236. The Morgan fingerprint density at radius 1 is 0.379 bits per heavy atom. The summed E-state index contributed by atoms with van der Waals surface area (Å²) >= 11 is 0. The maximum absolute atomic E-state index is 13.6. The number of ether oxygens (including phenoxy) is 5. The summed E-state index contributed by atoms with van der Waals surface area (Å²) in [4.78, 5) is 26.8. The Balaban J connectivity index is 1.30. The van der Waals surface area contributed by atoms with Crippen LogP contribution in [0.15, 0.2) is 60.7 Å². The minimum atomic E-state index is -0.917. The molecular formula is C79H131NO7. The molecule has 8 nitrogen and oxygen atoms in total. The summed E-state index contributed by atoms with van der Waals surface area (Å²) in [6.07, 6.45) is 62.9. The largest absolute Gasteiger partial charge is 0.490 e. The molecule has 1 aliphatic carbocycles. The molecule has 8 heteroatoms. The zero-order valence-corrected chi connectivity index (χ0v) is 56.8. The van der Waals surface area contributed by atoms with Crippen LogP contribution in [0.5, 0.6) is 17.2 Å². The second kappa shape index (κ2) is 52.6. The van der Waals surface area contributed by atoms with Gasteiger partial charge in [-0.2, -0.15) is 0 Å². The topological polar surface area (TPSA) is 92.3 Å². The fourth-order valence-corrected chi connectivity index (χ4v) is 12.7. The predicted octanol–water partition coefficient (Wildman–Crippen LogP) is 24.6. The minimum Gasteiger partial charge on any atom is -0.490 e. The average Bonchev–Trinajstić information content (AvgIpc) is 2.50. The van der Waals surface area contributed by atoms with Crippen molar-refractivity contribution in [3.05, 3.63) is 77.4 Å². The third-order valence-electron chi connectivity index (χ3n) is 18.2. The lowest BCUT2D eigenvalue weighted by atomic mass is 9.98. The van der Waals surface area contributed by atoms with Crippen molar-refractivity contribution in [1.82, 2.24) is 5.32 Å². The summed E-state index contributed by atoms with van der Waals surface area (Å²) in [7, 11) is 0. The molecular weight excluding hydrogens is 1070 g/mol. The van der Waals surface area contributed by atoms with Gasteiger partial charge < -0.3 is 29.0 Å². The zero-order valence-electron chi connectivity index (χ0n) is 56.8. The van der Waals surface area contributed by atoms with Crippen LogP contribution in [0, 0.1) is 0 Å². The summed E-state index contributed by atoms with van der Waals surface area (Å²) < 4.78 is 31.7. The Kier molecular flexibility index (Phi) is 45.5. The van der Waals surface area contributed by atoms with E-state index in [1.54, 1.807) is 6.92 Å². The third-order valence-corrected chi connectivity index (χ3v) is 18.2. The quantitative estimate of drug-likeness (QED) is 0.0445. The standard InChI is InChI=1S/C79H131NO7/c1-5-8-11-14-17-20-23-26-29-32-35-38-41-44-47-54-61-83-75-64-69(66-86-78(81)68(4)80-79(82)87-67-74-72-59-52-50-57-70(72)71-58-51-53-60-73(71)74)65-76(84-62-55-48-45-42-39-36-33-30-27-24-21-18-15-12-9-6-2)77(75)85-63-56-49-46-43-40-37-34-31-28-25-22-19-16-13-10-7-3/h50-53,57-60,64-65,68,74H,5-49,54-56,61-63,66-67H2,1-4H3,(H,80,82)/t68-/m0/s1. The van der Waals surface area contributed by atoms with Crippen molar-refractivity contribution < 1.29 is 33.3 Å². The molecule has 0 spiro atoms. The van der Waals surface area contributed by atoms with E-state index in [1.807, 2.05) is 36.4 Å². The van der Waals surface area contributed by atoms with Crippen molar-refractivity contribution in [3.63, 3.8) is 0 Å². The van der Waals surface area contributed by atoms with E-state index in [9.17, 15) is 9.59 Å². The molecule has 4 rings (SSSR count). The first-order chi connectivity index (χ1) is 43.0. The van der Waals surface area contributed by atoms with Gasteiger partial charge in [0.15, 0.2) is 11.5 Å². The van der Waals surface area contributed by atoms with E-state index >= 15 is 0 Å². The van der Waals surface area contributed by atoms with Crippen LogP contribution in [0.3, 0.4) is 0 Å². The highest BCUT2D eigenvalue weighted by Gasteiger charge is 2.30. The van der Waals surface area contributed by atoms with Crippen LogP contribution >= 0.6 is 0 Å². The summed E-state index contributed by atoms with van der Waals surface area (Å²) in [5.41, 5.74) is 5.36. The molecule has 494 valence electrons. The molecule has 1 atom stereocenters. The Morgan fingerprint density at radius 3 is 0.989 bits per heavy atom. The number of unbranched alkanes of at least 4 members (excludes halogenated alkanes) is 45. The third kappa shape index (κ3) is 35.7. The van der Waals surface area contributed by atoms with Crippen molar-refractivity contribution in [2.75, 3.05) is 26.4 Å². The smallest absolute Gasteiger partial charge is 0.407 e. The number of hydrogen-bond acceptors (Lipinski definition) is 7. The Bertz CT molecular complexity index is 2020. The molecule has 0 bridgehead atoms. The van der Waals surface area contributed by atoms with Gasteiger partial charge in [-0.1, -0.05) is 358 Å². The monoisotopic (exact) mass is 1210 g/mol. The summed E-state index contributed by atoms with van der Waals surface area (Å²) in [6, 6.07) is 19.6. The fraction of sp³-hybridized carbons (Fsp3) is 0.747. The number of amides is 1. The molecule has 1 N–H and O–H groups in total. The van der Waals surface area contributed by atoms with E-state index in [1.165, 1.54) is 270 Å². The van der Waals surface area contributed by atoms with Gasteiger partial charge in [0.05, 0.1) is 19.8 Å². The number of carbonyl (C=O) groups is 2. The SMILES string of the molecule is CCCCCCCCCCCCCCCCCCOc1cc(COC(=O)[C@H](C)NC(=O)OCC2c3ccccc3-c3ccccc32)cc(OCCCCCCCCCCCCCCCCCC)c1OCCCCCCCCCCCCCCCCCC. The molecule has 0 fully saturated rings. The second-order valence-corrected chi connectivity index (χ2v) is 26.2. The van der Waals surface area contributed by atoms with Crippen LogP contribution in [0.4, 0.5) is 4.79 Å². The number of hydrogen-bond donors (Lipinski definition) is 1. The average molecular weight is 1210 g/mol. The number of benzene rings is 3. The van der Waals surface area contributed by atoms with Crippen LogP contribution in [0.2, 0.25) is 0 Å². The van der Waals surface area contributed by atoms with Gasteiger partial charge in [-0.15, -0.1) is 0 Å². The van der Waals surface area contributed by atoms with Gasteiger partial charge in [0, 0.05) is 5.92 Å². The van der Waals surface area contributed by atoms with Gasteiger partial charge in [-0.3, -0.25) is 0 Å². The first-order valence-corrected chi connectivity index (χ1v) is 37.3. The van der Waals surface area contributed by atoms with E-state index in [4.69, 9.17) is 23.7 Å². The number of alkyl carbamates (subject to hydrolysis) is 1. The van der Waals surface area contributed by atoms with Gasteiger partial charge in [-0.05, 0) is 66.1 Å². The maximum Gasteiger partial charge on any atom is 0.407 e. The Morgan fingerprint density at radius 2 is 0.667 bits per heavy atom. The Hall–Kier alpha value is -4.20. The van der Waals surface area contributed by atoms with Crippen LogP contribution in [-0.2, 0) is 20.9 Å². The normalized spacial score (nSPS) is 12.3. The predicted molar refractivity (Wildman–Crippen MR) is 369 cm³/mol. The fourth-order valence-electron chi connectivity index (χ4n) is 12.7. The molecule has 0 aromatic heterocycles. The van der Waals surface area contributed by atoms with E-state index in [-0.39, 0.29) is 19.1 Å². The van der Waals surface area contributed by atoms with Crippen molar-refractivity contribution >= 4 is 12.1 Å². The van der Waals surface area contributed by atoms with Gasteiger partial charge in [-0.25, -0.2) is 9.59 Å². The lowest BCUT2D eigenvalue weighted by Gasteiger charge is -2.20. The first kappa shape index (κ1) is 75.3. The molecule has 0 unspecified atom stereocenters. The van der Waals surface area contributed by atoms with Crippen LogP contribution in [0.1, 0.15) is 359 Å². The maximum atomic E-state index is 13.6. The summed E-state index contributed by atoms with van der Waals surface area (Å²) in [6.45, 7) is 10.4. The summed E-state index contributed by atoms with van der Waals surface area (Å²) in [5.74, 6) is 1.33. The van der Waals surface area contributed by atoms with Crippen molar-refractivity contribution in [3.8, 4) is 28.4 Å². The lowest BCUT2D eigenvalue weighted by Crippen LogP contribution is -2.40. The number of esters is 1.